The van der Waals surface area contributed by atoms with Crippen molar-refractivity contribution in [2.75, 3.05) is 28.6 Å². The largest absolute Gasteiger partial charge is 0.354 e. The van der Waals surface area contributed by atoms with Crippen LogP contribution in [0, 0.1) is 0 Å². The van der Waals surface area contributed by atoms with Crippen LogP contribution in [-0.4, -0.2) is 45.0 Å². The number of rotatable bonds is 5. The van der Waals surface area contributed by atoms with E-state index in [4.69, 9.17) is 11.6 Å². The first-order chi connectivity index (χ1) is 13.6. The fourth-order valence-electron chi connectivity index (χ4n) is 3.21. The van der Waals surface area contributed by atoms with Gasteiger partial charge >= 0.3 is 0 Å². The molecule has 3 aromatic rings. The van der Waals surface area contributed by atoms with Crippen molar-refractivity contribution in [3.63, 3.8) is 0 Å². The van der Waals surface area contributed by atoms with Gasteiger partial charge in [-0.15, -0.1) is 0 Å². The second-order valence-electron chi connectivity index (χ2n) is 6.42. The van der Waals surface area contributed by atoms with Gasteiger partial charge in [-0.2, -0.15) is 0 Å². The SMILES string of the molecule is C=CC(=O)Nc1ccc2c(N3CCC(Nc4ncc(Cl)cn4)C3)ncnc2c1. The highest BCUT2D eigenvalue weighted by molar-refractivity contribution is 6.30. The molecule has 28 heavy (non-hydrogen) atoms. The molecule has 1 saturated heterocycles. The first-order valence-corrected chi connectivity index (χ1v) is 9.17. The number of amides is 1. The average Bonchev–Trinajstić information content (AvgIpc) is 3.17. The number of fused-ring (bicyclic) bond motifs is 1. The van der Waals surface area contributed by atoms with Crippen LogP contribution in [0.3, 0.4) is 0 Å². The summed E-state index contributed by atoms with van der Waals surface area (Å²) in [5.74, 6) is 1.17. The molecule has 9 heteroatoms. The number of anilines is 3. The van der Waals surface area contributed by atoms with E-state index in [1.165, 1.54) is 6.08 Å². The van der Waals surface area contributed by atoms with Gasteiger partial charge in [0, 0.05) is 30.2 Å². The molecule has 2 aromatic heterocycles. The minimum absolute atomic E-state index is 0.206. The lowest BCUT2D eigenvalue weighted by atomic mass is 10.2. The molecule has 142 valence electrons. The van der Waals surface area contributed by atoms with Gasteiger partial charge in [-0.25, -0.2) is 19.9 Å². The topological polar surface area (TPSA) is 95.9 Å². The summed E-state index contributed by atoms with van der Waals surface area (Å²) in [6.45, 7) is 5.09. The van der Waals surface area contributed by atoms with Crippen LogP contribution in [0.5, 0.6) is 0 Å². The molecule has 2 N–H and O–H groups in total. The van der Waals surface area contributed by atoms with E-state index < -0.39 is 0 Å². The zero-order valence-corrected chi connectivity index (χ0v) is 15.7. The summed E-state index contributed by atoms with van der Waals surface area (Å²) in [5.41, 5.74) is 1.44. The maximum atomic E-state index is 11.5. The number of carbonyl (C=O) groups excluding carboxylic acids is 1. The van der Waals surface area contributed by atoms with Crippen LogP contribution < -0.4 is 15.5 Å². The first-order valence-electron chi connectivity index (χ1n) is 8.79. The summed E-state index contributed by atoms with van der Waals surface area (Å²) in [4.78, 5) is 30.9. The van der Waals surface area contributed by atoms with E-state index in [0.717, 1.165) is 36.2 Å². The second-order valence-corrected chi connectivity index (χ2v) is 6.86. The average molecular weight is 396 g/mol. The van der Waals surface area contributed by atoms with E-state index in [2.05, 4.69) is 42.0 Å². The van der Waals surface area contributed by atoms with Crippen LogP contribution in [0.25, 0.3) is 10.9 Å². The summed E-state index contributed by atoms with van der Waals surface area (Å²) in [6, 6.07) is 5.79. The van der Waals surface area contributed by atoms with Crippen LogP contribution in [0.1, 0.15) is 6.42 Å². The van der Waals surface area contributed by atoms with Crippen molar-refractivity contribution in [2.45, 2.75) is 12.5 Å². The van der Waals surface area contributed by atoms with Crippen molar-refractivity contribution in [1.29, 1.82) is 0 Å². The van der Waals surface area contributed by atoms with Gasteiger partial charge in [-0.1, -0.05) is 18.2 Å². The highest BCUT2D eigenvalue weighted by Gasteiger charge is 2.25. The maximum absolute atomic E-state index is 11.5. The molecule has 1 fully saturated rings. The fourth-order valence-corrected chi connectivity index (χ4v) is 3.30. The third-order valence-corrected chi connectivity index (χ3v) is 4.70. The quantitative estimate of drug-likeness (QED) is 0.641. The lowest BCUT2D eigenvalue weighted by Gasteiger charge is -2.19. The molecule has 1 amide bonds. The molecule has 1 aliphatic rings. The fraction of sp³-hybridized carbons (Fsp3) is 0.211. The van der Waals surface area contributed by atoms with Gasteiger partial charge in [0.05, 0.1) is 22.9 Å². The molecule has 8 nitrogen and oxygen atoms in total. The van der Waals surface area contributed by atoms with Crippen LogP contribution in [0.15, 0.2) is 49.6 Å². The van der Waals surface area contributed by atoms with E-state index in [-0.39, 0.29) is 11.9 Å². The summed E-state index contributed by atoms with van der Waals surface area (Å²) < 4.78 is 0. The number of halogens is 1. The Hall–Kier alpha value is -3.26. The van der Waals surface area contributed by atoms with Gasteiger partial charge in [-0.3, -0.25) is 4.79 Å². The van der Waals surface area contributed by atoms with E-state index >= 15 is 0 Å². The van der Waals surface area contributed by atoms with E-state index in [9.17, 15) is 4.79 Å². The van der Waals surface area contributed by atoms with Crippen LogP contribution in [-0.2, 0) is 4.79 Å². The number of aromatic nitrogens is 4. The first kappa shape index (κ1) is 18.1. The number of carbonyl (C=O) groups is 1. The lowest BCUT2D eigenvalue weighted by Crippen LogP contribution is -2.27. The smallest absolute Gasteiger partial charge is 0.247 e. The van der Waals surface area contributed by atoms with Gasteiger partial charge in [0.25, 0.3) is 0 Å². The lowest BCUT2D eigenvalue weighted by molar-refractivity contribution is -0.111. The molecule has 4 rings (SSSR count). The van der Waals surface area contributed by atoms with Gasteiger partial charge < -0.3 is 15.5 Å². The molecular formula is C19H18ClN7O. The van der Waals surface area contributed by atoms with E-state index in [1.807, 2.05) is 18.2 Å². The molecule has 0 spiro atoms. The summed E-state index contributed by atoms with van der Waals surface area (Å²) >= 11 is 5.83. The van der Waals surface area contributed by atoms with Crippen LogP contribution in [0.4, 0.5) is 17.5 Å². The van der Waals surface area contributed by atoms with Crippen molar-refractivity contribution in [3.05, 3.63) is 54.6 Å². The van der Waals surface area contributed by atoms with Crippen LogP contribution >= 0.6 is 11.6 Å². The number of hydrogen-bond acceptors (Lipinski definition) is 7. The van der Waals surface area contributed by atoms with Crippen molar-refractivity contribution in [2.24, 2.45) is 0 Å². The number of hydrogen-bond donors (Lipinski definition) is 2. The molecular weight excluding hydrogens is 378 g/mol. The molecule has 1 atom stereocenters. The van der Waals surface area contributed by atoms with Crippen LogP contribution in [0.2, 0.25) is 5.02 Å². The highest BCUT2D eigenvalue weighted by Crippen LogP contribution is 2.28. The Morgan fingerprint density at radius 1 is 1.25 bits per heavy atom. The Morgan fingerprint density at radius 2 is 2.07 bits per heavy atom. The predicted molar refractivity (Wildman–Crippen MR) is 110 cm³/mol. The summed E-state index contributed by atoms with van der Waals surface area (Å²) in [5, 5.41) is 7.52. The normalized spacial score (nSPS) is 16.2. The van der Waals surface area contributed by atoms with E-state index in [0.29, 0.717) is 16.7 Å². The number of nitrogens with zero attached hydrogens (tertiary/aromatic N) is 5. The molecule has 0 aliphatic carbocycles. The Bertz CT molecular complexity index is 1020. The highest BCUT2D eigenvalue weighted by atomic mass is 35.5. The molecule has 1 aromatic carbocycles. The maximum Gasteiger partial charge on any atom is 0.247 e. The van der Waals surface area contributed by atoms with E-state index in [1.54, 1.807) is 18.7 Å². The Kier molecular flexibility index (Phi) is 5.03. The Labute approximate surface area is 166 Å². The number of nitrogens with one attached hydrogen (secondary N) is 2. The monoisotopic (exact) mass is 395 g/mol. The Balaban J connectivity index is 1.51. The minimum atomic E-state index is -0.258. The van der Waals surface area contributed by atoms with Gasteiger partial charge in [-0.05, 0) is 30.7 Å². The second kappa shape index (κ2) is 7.77. The predicted octanol–water partition coefficient (Wildman–Crippen LogP) is 2.89. The Morgan fingerprint density at radius 3 is 2.86 bits per heavy atom. The summed E-state index contributed by atoms with van der Waals surface area (Å²) in [7, 11) is 0. The molecule has 0 radical (unpaired) electrons. The molecule has 1 aliphatic heterocycles. The van der Waals surface area contributed by atoms with Crippen molar-refractivity contribution in [3.8, 4) is 0 Å². The van der Waals surface area contributed by atoms with Gasteiger partial charge in [0.2, 0.25) is 11.9 Å². The van der Waals surface area contributed by atoms with Crippen molar-refractivity contribution >= 4 is 45.9 Å². The zero-order chi connectivity index (χ0) is 19.5. The van der Waals surface area contributed by atoms with Crippen molar-refractivity contribution in [1.82, 2.24) is 19.9 Å². The van der Waals surface area contributed by atoms with Gasteiger partial charge in [0.15, 0.2) is 0 Å². The molecule has 3 heterocycles. The standard InChI is InChI=1S/C19H18ClN7O/c1-2-17(28)25-13-3-4-15-16(7-13)23-11-24-18(15)27-6-5-14(10-27)26-19-21-8-12(20)9-22-19/h2-4,7-9,11,14H,1,5-6,10H2,(H,25,28)(H,21,22,26). The van der Waals surface area contributed by atoms with Gasteiger partial charge in [0.1, 0.15) is 12.1 Å². The van der Waals surface area contributed by atoms with Crippen molar-refractivity contribution < 1.29 is 4.79 Å². The third kappa shape index (κ3) is 3.86. The third-order valence-electron chi connectivity index (χ3n) is 4.51. The zero-order valence-electron chi connectivity index (χ0n) is 15.0. The molecule has 1 unspecified atom stereocenters. The summed E-state index contributed by atoms with van der Waals surface area (Å²) in [6.07, 6.45) is 6.86. The molecule has 0 saturated carbocycles. The minimum Gasteiger partial charge on any atom is -0.354 e. The number of benzene rings is 1. The molecule has 0 bridgehead atoms.